The van der Waals surface area contributed by atoms with Gasteiger partial charge in [0.15, 0.2) is 0 Å². The molecule has 0 saturated carbocycles. The summed E-state index contributed by atoms with van der Waals surface area (Å²) in [6, 6.07) is 19.5. The van der Waals surface area contributed by atoms with Gasteiger partial charge in [0.05, 0.1) is 0 Å². The van der Waals surface area contributed by atoms with Crippen molar-refractivity contribution in [2.24, 2.45) is 0 Å². The SMILES string of the molecule is Brc1cccc2sc3cc4[nH]c5ccccc5c4cc3c12. The highest BCUT2D eigenvalue weighted by molar-refractivity contribution is 9.10. The molecule has 1 nitrogen and oxygen atoms in total. The van der Waals surface area contributed by atoms with Crippen LogP contribution in [0.2, 0.25) is 0 Å². The molecule has 0 atom stereocenters. The maximum Gasteiger partial charge on any atom is 0.0479 e. The molecule has 0 aliphatic carbocycles. The first kappa shape index (κ1) is 11.8. The molecule has 3 heteroatoms. The highest BCUT2D eigenvalue weighted by Crippen LogP contribution is 2.41. The number of hydrogen-bond acceptors (Lipinski definition) is 1. The molecule has 0 saturated heterocycles. The van der Waals surface area contributed by atoms with Crippen LogP contribution in [0.3, 0.4) is 0 Å². The molecule has 0 unspecified atom stereocenters. The fraction of sp³-hybridized carbons (Fsp3) is 0. The van der Waals surface area contributed by atoms with Crippen LogP contribution in [-0.4, -0.2) is 4.98 Å². The third kappa shape index (κ3) is 1.56. The Morgan fingerprint density at radius 3 is 2.62 bits per heavy atom. The molecular weight excluding hydrogens is 342 g/mol. The molecule has 2 aromatic heterocycles. The van der Waals surface area contributed by atoms with E-state index in [1.165, 1.54) is 46.5 Å². The summed E-state index contributed by atoms with van der Waals surface area (Å²) in [6.07, 6.45) is 0. The second kappa shape index (κ2) is 4.09. The van der Waals surface area contributed by atoms with Gasteiger partial charge in [-0.25, -0.2) is 0 Å². The fourth-order valence-corrected chi connectivity index (χ4v) is 4.99. The summed E-state index contributed by atoms with van der Waals surface area (Å²) in [6.45, 7) is 0. The lowest BCUT2D eigenvalue weighted by molar-refractivity contribution is 1.56. The van der Waals surface area contributed by atoms with Gasteiger partial charge in [0.2, 0.25) is 0 Å². The smallest absolute Gasteiger partial charge is 0.0479 e. The van der Waals surface area contributed by atoms with Gasteiger partial charge < -0.3 is 4.98 Å². The topological polar surface area (TPSA) is 15.8 Å². The lowest BCUT2D eigenvalue weighted by Gasteiger charge is -1.96. The molecule has 0 fully saturated rings. The molecule has 5 aromatic rings. The maximum absolute atomic E-state index is 3.70. The Kier molecular flexibility index (Phi) is 2.29. The van der Waals surface area contributed by atoms with Crippen molar-refractivity contribution in [3.05, 3.63) is 59.1 Å². The monoisotopic (exact) mass is 351 g/mol. The average Bonchev–Trinajstić information content (AvgIpc) is 3.02. The first-order valence-electron chi connectivity index (χ1n) is 6.82. The third-order valence-electron chi connectivity index (χ3n) is 4.07. The van der Waals surface area contributed by atoms with E-state index in [1.807, 2.05) is 11.3 Å². The lowest BCUT2D eigenvalue weighted by atomic mass is 10.1. The van der Waals surface area contributed by atoms with Crippen molar-refractivity contribution in [2.75, 3.05) is 0 Å². The van der Waals surface area contributed by atoms with Crippen LogP contribution in [0.4, 0.5) is 0 Å². The number of para-hydroxylation sites is 1. The van der Waals surface area contributed by atoms with Crippen molar-refractivity contribution in [2.45, 2.75) is 0 Å². The van der Waals surface area contributed by atoms with E-state index in [0.29, 0.717) is 0 Å². The average molecular weight is 352 g/mol. The molecular formula is C18H10BrNS. The standard InChI is InChI=1S/C18H10BrNS/c19-13-5-3-7-16-18(13)12-8-11-10-4-1-2-6-14(10)20-15(11)9-17(12)21-16/h1-9,20H. The Morgan fingerprint density at radius 1 is 0.762 bits per heavy atom. The molecule has 5 rings (SSSR count). The van der Waals surface area contributed by atoms with Crippen molar-refractivity contribution < 1.29 is 0 Å². The van der Waals surface area contributed by atoms with E-state index in [9.17, 15) is 0 Å². The molecule has 0 aliphatic heterocycles. The van der Waals surface area contributed by atoms with Gasteiger partial charge in [0.1, 0.15) is 0 Å². The van der Waals surface area contributed by atoms with Crippen LogP contribution in [0.15, 0.2) is 59.1 Å². The minimum absolute atomic E-state index is 1.17. The lowest BCUT2D eigenvalue weighted by Crippen LogP contribution is -1.71. The summed E-state index contributed by atoms with van der Waals surface area (Å²) in [5, 5.41) is 5.25. The first-order chi connectivity index (χ1) is 10.3. The zero-order valence-electron chi connectivity index (χ0n) is 11.0. The first-order valence-corrected chi connectivity index (χ1v) is 8.43. The van der Waals surface area contributed by atoms with Gasteiger partial charge in [0, 0.05) is 46.5 Å². The van der Waals surface area contributed by atoms with E-state index in [1.54, 1.807) is 0 Å². The molecule has 3 aromatic carbocycles. The van der Waals surface area contributed by atoms with Crippen LogP contribution in [0.5, 0.6) is 0 Å². The second-order valence-corrected chi connectivity index (χ2v) is 7.22. The van der Waals surface area contributed by atoms with Crippen molar-refractivity contribution in [1.29, 1.82) is 0 Å². The van der Waals surface area contributed by atoms with Crippen LogP contribution in [0, 0.1) is 0 Å². The number of rotatable bonds is 0. The van der Waals surface area contributed by atoms with E-state index < -0.39 is 0 Å². The van der Waals surface area contributed by atoms with Gasteiger partial charge in [-0.1, -0.05) is 40.2 Å². The minimum Gasteiger partial charge on any atom is -0.354 e. The Bertz CT molecular complexity index is 1150. The number of nitrogens with one attached hydrogen (secondary N) is 1. The summed E-state index contributed by atoms with van der Waals surface area (Å²) < 4.78 is 3.83. The van der Waals surface area contributed by atoms with E-state index in [-0.39, 0.29) is 0 Å². The molecule has 100 valence electrons. The molecule has 21 heavy (non-hydrogen) atoms. The van der Waals surface area contributed by atoms with Crippen LogP contribution in [-0.2, 0) is 0 Å². The molecule has 1 N–H and O–H groups in total. The minimum atomic E-state index is 1.17. The van der Waals surface area contributed by atoms with Crippen LogP contribution >= 0.6 is 27.3 Å². The van der Waals surface area contributed by atoms with Gasteiger partial charge in [-0.3, -0.25) is 0 Å². The number of fused-ring (bicyclic) bond motifs is 6. The third-order valence-corrected chi connectivity index (χ3v) is 5.85. The summed E-state index contributed by atoms with van der Waals surface area (Å²) in [4.78, 5) is 3.52. The van der Waals surface area contributed by atoms with Crippen LogP contribution in [0.25, 0.3) is 42.0 Å². The number of thiophene rings is 1. The Morgan fingerprint density at radius 2 is 1.67 bits per heavy atom. The highest BCUT2D eigenvalue weighted by atomic mass is 79.9. The number of hydrogen-bond donors (Lipinski definition) is 1. The number of H-pyrrole nitrogens is 1. The van der Waals surface area contributed by atoms with E-state index in [4.69, 9.17) is 0 Å². The van der Waals surface area contributed by atoms with Crippen molar-refractivity contribution in [3.8, 4) is 0 Å². The van der Waals surface area contributed by atoms with E-state index in [0.717, 1.165) is 0 Å². The van der Waals surface area contributed by atoms with Gasteiger partial charge in [-0.05, 0) is 30.3 Å². The molecule has 0 spiro atoms. The quantitative estimate of drug-likeness (QED) is 0.330. The molecule has 0 bridgehead atoms. The predicted octanol–water partition coefficient (Wildman–Crippen LogP) is 6.45. The van der Waals surface area contributed by atoms with Gasteiger partial charge in [0.25, 0.3) is 0 Å². The molecule has 0 aliphatic rings. The van der Waals surface area contributed by atoms with Crippen LogP contribution < -0.4 is 0 Å². The number of benzene rings is 3. The molecule has 0 radical (unpaired) electrons. The predicted molar refractivity (Wildman–Crippen MR) is 96.4 cm³/mol. The summed E-state index contributed by atoms with van der Waals surface area (Å²) in [5.74, 6) is 0. The van der Waals surface area contributed by atoms with Crippen molar-refractivity contribution in [1.82, 2.24) is 4.98 Å². The fourth-order valence-electron chi connectivity index (χ4n) is 3.13. The number of aromatic amines is 1. The van der Waals surface area contributed by atoms with Gasteiger partial charge in [-0.2, -0.15) is 0 Å². The van der Waals surface area contributed by atoms with Crippen molar-refractivity contribution >= 4 is 69.2 Å². The van der Waals surface area contributed by atoms with Gasteiger partial charge in [-0.15, -0.1) is 11.3 Å². The Labute approximate surface area is 133 Å². The summed E-state index contributed by atoms with van der Waals surface area (Å²) in [7, 11) is 0. The second-order valence-electron chi connectivity index (χ2n) is 5.28. The highest BCUT2D eigenvalue weighted by Gasteiger charge is 2.11. The van der Waals surface area contributed by atoms with E-state index >= 15 is 0 Å². The van der Waals surface area contributed by atoms with Gasteiger partial charge >= 0.3 is 0 Å². The number of halogens is 1. The summed E-state index contributed by atoms with van der Waals surface area (Å²) in [5.41, 5.74) is 2.42. The molecule has 2 heterocycles. The largest absolute Gasteiger partial charge is 0.354 e. The Balaban J connectivity index is 2.06. The molecule has 0 amide bonds. The Hall–Kier alpha value is -1.84. The van der Waals surface area contributed by atoms with Crippen LogP contribution in [0.1, 0.15) is 0 Å². The summed E-state index contributed by atoms with van der Waals surface area (Å²) >= 11 is 5.55. The zero-order valence-corrected chi connectivity index (χ0v) is 13.4. The normalized spacial score (nSPS) is 12.0. The maximum atomic E-state index is 3.70. The van der Waals surface area contributed by atoms with E-state index in [2.05, 4.69) is 75.5 Å². The van der Waals surface area contributed by atoms with Crippen molar-refractivity contribution in [3.63, 3.8) is 0 Å². The number of aromatic nitrogens is 1. The zero-order chi connectivity index (χ0) is 14.0.